The van der Waals surface area contributed by atoms with Gasteiger partial charge in [0.05, 0.1) is 5.56 Å². The Hall–Kier alpha value is -1.52. The zero-order valence-corrected chi connectivity index (χ0v) is 9.49. The maximum atomic E-state index is 11.5. The van der Waals surface area contributed by atoms with Crippen molar-refractivity contribution in [3.8, 4) is 5.88 Å². The summed E-state index contributed by atoms with van der Waals surface area (Å²) in [7, 11) is 0. The lowest BCUT2D eigenvalue weighted by atomic mass is 10.2. The molecule has 0 bridgehead atoms. The molecule has 0 saturated carbocycles. The molecule has 1 aliphatic heterocycles. The van der Waals surface area contributed by atoms with Gasteiger partial charge in [0.15, 0.2) is 0 Å². The van der Waals surface area contributed by atoms with Crippen LogP contribution >= 0.6 is 0 Å². The molecule has 0 unspecified atom stereocenters. The largest absolute Gasteiger partial charge is 0.493 e. The first-order valence-corrected chi connectivity index (χ1v) is 5.73. The van der Waals surface area contributed by atoms with Crippen LogP contribution in [0.3, 0.4) is 0 Å². The molecule has 1 aliphatic rings. The fourth-order valence-corrected chi connectivity index (χ4v) is 1.94. The number of hydrogen-bond acceptors (Lipinski definition) is 4. The Kier molecular flexibility index (Phi) is 3.12. The number of aromatic nitrogens is 2. The zero-order chi connectivity index (χ0) is 11.5. The Labute approximate surface area is 94.1 Å². The molecule has 2 rings (SSSR count). The van der Waals surface area contributed by atoms with E-state index in [1.165, 1.54) is 12.8 Å². The molecule has 1 aromatic rings. The number of aromatic amines is 1. The Morgan fingerprint density at radius 2 is 1.88 bits per heavy atom. The fraction of sp³-hybridized carbons (Fsp3) is 0.636. The van der Waals surface area contributed by atoms with E-state index in [1.807, 2.05) is 4.90 Å². The van der Waals surface area contributed by atoms with Crippen molar-refractivity contribution >= 4 is 5.95 Å². The van der Waals surface area contributed by atoms with Gasteiger partial charge in [0.25, 0.3) is 5.56 Å². The highest BCUT2D eigenvalue weighted by Crippen LogP contribution is 2.17. The quantitative estimate of drug-likeness (QED) is 0.749. The third-order valence-corrected chi connectivity index (χ3v) is 3.02. The van der Waals surface area contributed by atoms with Gasteiger partial charge in [-0.25, -0.2) is 0 Å². The second kappa shape index (κ2) is 4.55. The van der Waals surface area contributed by atoms with E-state index in [0.29, 0.717) is 5.95 Å². The highest BCUT2D eigenvalue weighted by atomic mass is 16.3. The molecule has 0 amide bonds. The van der Waals surface area contributed by atoms with E-state index < -0.39 is 0 Å². The molecular weight excluding hydrogens is 206 g/mol. The SMILES string of the molecule is Cc1c(O)nc(N2CCCCCC2)[nH]c1=O. The summed E-state index contributed by atoms with van der Waals surface area (Å²) in [4.78, 5) is 20.3. The summed E-state index contributed by atoms with van der Waals surface area (Å²) in [6.07, 6.45) is 4.66. The molecule has 1 fully saturated rings. The van der Waals surface area contributed by atoms with Crippen molar-refractivity contribution in [2.75, 3.05) is 18.0 Å². The van der Waals surface area contributed by atoms with Gasteiger partial charge in [-0.1, -0.05) is 12.8 Å². The smallest absolute Gasteiger partial charge is 0.259 e. The van der Waals surface area contributed by atoms with Gasteiger partial charge >= 0.3 is 0 Å². The molecule has 0 spiro atoms. The molecule has 16 heavy (non-hydrogen) atoms. The molecule has 2 N–H and O–H groups in total. The van der Waals surface area contributed by atoms with Crippen molar-refractivity contribution in [3.05, 3.63) is 15.9 Å². The number of anilines is 1. The normalized spacial score (nSPS) is 17.2. The molecule has 1 saturated heterocycles. The molecule has 0 aliphatic carbocycles. The predicted octanol–water partition coefficient (Wildman–Crippen LogP) is 1.16. The van der Waals surface area contributed by atoms with Gasteiger partial charge < -0.3 is 10.0 Å². The maximum Gasteiger partial charge on any atom is 0.259 e. The first-order chi connectivity index (χ1) is 7.68. The van der Waals surface area contributed by atoms with Gasteiger partial charge in [-0.05, 0) is 19.8 Å². The average molecular weight is 223 g/mol. The van der Waals surface area contributed by atoms with Crippen LogP contribution < -0.4 is 10.5 Å². The van der Waals surface area contributed by atoms with E-state index in [9.17, 15) is 9.90 Å². The van der Waals surface area contributed by atoms with E-state index in [1.54, 1.807) is 6.92 Å². The van der Waals surface area contributed by atoms with Crippen LogP contribution in [0.1, 0.15) is 31.2 Å². The van der Waals surface area contributed by atoms with Crippen molar-refractivity contribution in [1.29, 1.82) is 0 Å². The minimum atomic E-state index is -0.258. The third-order valence-electron chi connectivity index (χ3n) is 3.02. The number of rotatable bonds is 1. The van der Waals surface area contributed by atoms with Gasteiger partial charge in [0.1, 0.15) is 0 Å². The standard InChI is InChI=1S/C11H17N3O2/c1-8-9(15)12-11(13-10(8)16)14-6-4-2-3-5-7-14/h2-7H2,1H3,(H2,12,13,15,16). The van der Waals surface area contributed by atoms with Crippen LogP contribution in [0.2, 0.25) is 0 Å². The molecular formula is C11H17N3O2. The highest BCUT2D eigenvalue weighted by Gasteiger charge is 2.14. The second-order valence-corrected chi connectivity index (χ2v) is 4.24. The number of nitrogens with zero attached hydrogens (tertiary/aromatic N) is 2. The monoisotopic (exact) mass is 223 g/mol. The summed E-state index contributed by atoms with van der Waals surface area (Å²) in [5.74, 6) is 0.331. The minimum Gasteiger partial charge on any atom is -0.493 e. The van der Waals surface area contributed by atoms with Crippen molar-refractivity contribution in [2.24, 2.45) is 0 Å². The molecule has 88 valence electrons. The number of hydrogen-bond donors (Lipinski definition) is 2. The predicted molar refractivity (Wildman–Crippen MR) is 61.9 cm³/mol. The highest BCUT2D eigenvalue weighted by molar-refractivity contribution is 5.35. The van der Waals surface area contributed by atoms with E-state index in [2.05, 4.69) is 9.97 Å². The Balaban J connectivity index is 2.28. The molecule has 5 heteroatoms. The summed E-state index contributed by atoms with van der Waals surface area (Å²) >= 11 is 0. The minimum absolute atomic E-state index is 0.164. The first-order valence-electron chi connectivity index (χ1n) is 5.73. The molecule has 5 nitrogen and oxygen atoms in total. The van der Waals surface area contributed by atoms with Crippen LogP contribution in [0.5, 0.6) is 5.88 Å². The molecule has 0 radical (unpaired) electrons. The summed E-state index contributed by atoms with van der Waals surface area (Å²) < 4.78 is 0. The second-order valence-electron chi connectivity index (χ2n) is 4.24. The summed E-state index contributed by atoms with van der Waals surface area (Å²) in [6.45, 7) is 3.35. The third kappa shape index (κ3) is 2.18. The lowest BCUT2D eigenvalue weighted by Gasteiger charge is -2.20. The topological polar surface area (TPSA) is 69.2 Å². The van der Waals surface area contributed by atoms with Gasteiger partial charge in [0.2, 0.25) is 11.8 Å². The molecule has 0 atom stereocenters. The first kappa shape index (κ1) is 11.0. The lowest BCUT2D eigenvalue weighted by Crippen LogP contribution is -2.28. The van der Waals surface area contributed by atoms with Crippen LogP contribution in [-0.4, -0.2) is 28.2 Å². The van der Waals surface area contributed by atoms with Crippen molar-refractivity contribution in [1.82, 2.24) is 9.97 Å². The van der Waals surface area contributed by atoms with Crippen molar-refractivity contribution in [2.45, 2.75) is 32.6 Å². The summed E-state index contributed by atoms with van der Waals surface area (Å²) in [5.41, 5.74) is 0.0188. The number of H-pyrrole nitrogens is 1. The van der Waals surface area contributed by atoms with Crippen molar-refractivity contribution < 1.29 is 5.11 Å². The van der Waals surface area contributed by atoms with E-state index >= 15 is 0 Å². The van der Waals surface area contributed by atoms with Gasteiger partial charge in [-0.15, -0.1) is 0 Å². The maximum absolute atomic E-state index is 11.5. The van der Waals surface area contributed by atoms with Gasteiger partial charge in [-0.3, -0.25) is 9.78 Å². The fourth-order valence-electron chi connectivity index (χ4n) is 1.94. The Bertz CT molecular complexity index is 420. The van der Waals surface area contributed by atoms with Crippen LogP contribution in [0.4, 0.5) is 5.95 Å². The van der Waals surface area contributed by atoms with Crippen molar-refractivity contribution in [3.63, 3.8) is 0 Å². The molecule has 2 heterocycles. The number of aromatic hydroxyl groups is 1. The lowest BCUT2D eigenvalue weighted by molar-refractivity contribution is 0.445. The van der Waals surface area contributed by atoms with Crippen LogP contribution in [0.15, 0.2) is 4.79 Å². The van der Waals surface area contributed by atoms with Crippen LogP contribution in [0, 0.1) is 6.92 Å². The van der Waals surface area contributed by atoms with Gasteiger partial charge in [-0.2, -0.15) is 4.98 Å². The van der Waals surface area contributed by atoms with Crippen LogP contribution in [-0.2, 0) is 0 Å². The molecule has 1 aromatic heterocycles. The Morgan fingerprint density at radius 1 is 1.25 bits per heavy atom. The average Bonchev–Trinajstić information content (AvgIpc) is 2.53. The number of nitrogens with one attached hydrogen (secondary N) is 1. The van der Waals surface area contributed by atoms with E-state index in [4.69, 9.17) is 0 Å². The summed E-state index contributed by atoms with van der Waals surface area (Å²) in [5, 5.41) is 9.52. The Morgan fingerprint density at radius 3 is 2.44 bits per heavy atom. The zero-order valence-electron chi connectivity index (χ0n) is 9.49. The van der Waals surface area contributed by atoms with Gasteiger partial charge in [0, 0.05) is 13.1 Å². The summed E-state index contributed by atoms with van der Waals surface area (Å²) in [6, 6.07) is 0. The molecule has 0 aromatic carbocycles. The van der Waals surface area contributed by atoms with E-state index in [0.717, 1.165) is 25.9 Å². The van der Waals surface area contributed by atoms with Crippen LogP contribution in [0.25, 0.3) is 0 Å². The van der Waals surface area contributed by atoms with E-state index in [-0.39, 0.29) is 17.0 Å².